The maximum atomic E-state index is 14.8. The number of amides is 1. The molecule has 1 amide bonds. The summed E-state index contributed by atoms with van der Waals surface area (Å²) in [5, 5.41) is 2.28. The summed E-state index contributed by atoms with van der Waals surface area (Å²) in [6, 6.07) is 23.0. The van der Waals surface area contributed by atoms with Crippen LogP contribution in [0.15, 0.2) is 79.0 Å². The van der Waals surface area contributed by atoms with Crippen molar-refractivity contribution < 1.29 is 9.18 Å². The first kappa shape index (κ1) is 16.6. The van der Waals surface area contributed by atoms with Crippen LogP contribution in [0, 0.1) is 5.82 Å². The van der Waals surface area contributed by atoms with Crippen LogP contribution >= 0.6 is 0 Å². The second kappa shape index (κ2) is 6.57. The highest BCUT2D eigenvalue weighted by Crippen LogP contribution is 2.28. The highest BCUT2D eigenvalue weighted by atomic mass is 19.1. The van der Waals surface area contributed by atoms with Crippen molar-refractivity contribution >= 4 is 16.7 Å². The Kier molecular flexibility index (Phi) is 3.90. The highest BCUT2D eigenvalue weighted by molar-refractivity contribution is 5.97. The minimum atomic E-state index is -0.303. The van der Waals surface area contributed by atoms with Crippen LogP contribution in [0.3, 0.4) is 0 Å². The van der Waals surface area contributed by atoms with Crippen molar-refractivity contribution in [2.24, 2.45) is 0 Å². The number of halogens is 1. The molecule has 0 saturated heterocycles. The van der Waals surface area contributed by atoms with Crippen LogP contribution in [0.25, 0.3) is 21.9 Å². The number of nitrogens with zero attached hydrogens (tertiary/aromatic N) is 2. The molecular weight excluding hydrogens is 351 g/mol. The maximum absolute atomic E-state index is 14.8. The van der Waals surface area contributed by atoms with Crippen molar-refractivity contribution in [3.8, 4) is 11.1 Å². The molecule has 4 heteroatoms. The molecule has 0 N–H and O–H groups in total. The zero-order chi connectivity index (χ0) is 19.1. The van der Waals surface area contributed by atoms with Crippen molar-refractivity contribution in [2.45, 2.75) is 13.1 Å². The molecule has 0 unspecified atom stereocenters. The van der Waals surface area contributed by atoms with Gasteiger partial charge in [0.1, 0.15) is 5.82 Å². The Labute approximate surface area is 162 Å². The zero-order valence-corrected chi connectivity index (χ0v) is 15.1. The first-order chi connectivity index (χ1) is 13.7. The van der Waals surface area contributed by atoms with Crippen LogP contribution in [-0.4, -0.2) is 15.8 Å². The van der Waals surface area contributed by atoms with E-state index < -0.39 is 0 Å². The number of benzene rings is 3. The van der Waals surface area contributed by atoms with Gasteiger partial charge in [-0.3, -0.25) is 9.78 Å². The van der Waals surface area contributed by atoms with Gasteiger partial charge in [-0.1, -0.05) is 48.5 Å². The minimum absolute atomic E-state index is 0.0962. The number of carbonyl (C=O) groups excluding carboxylic acids is 1. The Morgan fingerprint density at radius 1 is 0.893 bits per heavy atom. The van der Waals surface area contributed by atoms with Crippen LogP contribution in [0.2, 0.25) is 0 Å². The zero-order valence-electron chi connectivity index (χ0n) is 15.1. The summed E-state index contributed by atoms with van der Waals surface area (Å²) in [4.78, 5) is 18.4. The highest BCUT2D eigenvalue weighted by Gasteiger charge is 2.28. The molecule has 28 heavy (non-hydrogen) atoms. The minimum Gasteiger partial charge on any atom is -0.328 e. The maximum Gasteiger partial charge on any atom is 0.256 e. The van der Waals surface area contributed by atoms with E-state index in [1.165, 1.54) is 0 Å². The molecule has 3 nitrogen and oxygen atoms in total. The molecular formula is C24H17FN2O. The standard InChI is InChI=1S/C24H17FN2O/c25-22-13-19(18-8-7-16-4-1-2-5-17(16)12-18)9-10-20(22)14-27-15-23-21(24(27)28)6-3-11-26-23/h1-13H,14-15H2. The van der Waals surface area contributed by atoms with Crippen LogP contribution in [0.4, 0.5) is 4.39 Å². The first-order valence-corrected chi connectivity index (χ1v) is 9.20. The number of fused-ring (bicyclic) bond motifs is 2. The summed E-state index contributed by atoms with van der Waals surface area (Å²) in [5.74, 6) is -0.400. The Hall–Kier alpha value is -3.53. The van der Waals surface area contributed by atoms with Crippen molar-refractivity contribution in [1.29, 1.82) is 0 Å². The molecule has 0 radical (unpaired) electrons. The van der Waals surface area contributed by atoms with E-state index in [2.05, 4.69) is 17.1 Å². The van der Waals surface area contributed by atoms with Crippen LogP contribution in [0.5, 0.6) is 0 Å². The molecule has 4 aromatic rings. The van der Waals surface area contributed by atoms with Gasteiger partial charge in [0.2, 0.25) is 0 Å². The number of carbonyl (C=O) groups is 1. The average molecular weight is 368 g/mol. The predicted octanol–water partition coefficient (Wildman–Crippen LogP) is 5.20. The molecule has 0 saturated carbocycles. The third-order valence-corrected chi connectivity index (χ3v) is 5.25. The van der Waals surface area contributed by atoms with E-state index in [0.717, 1.165) is 27.6 Å². The lowest BCUT2D eigenvalue weighted by Gasteiger charge is -2.16. The van der Waals surface area contributed by atoms with Gasteiger partial charge in [-0.15, -0.1) is 0 Å². The quantitative estimate of drug-likeness (QED) is 0.498. The lowest BCUT2D eigenvalue weighted by molar-refractivity contribution is 0.0765. The van der Waals surface area contributed by atoms with E-state index in [-0.39, 0.29) is 18.3 Å². The van der Waals surface area contributed by atoms with Gasteiger partial charge in [-0.2, -0.15) is 0 Å². The number of hydrogen-bond acceptors (Lipinski definition) is 2. The number of rotatable bonds is 3. The third-order valence-electron chi connectivity index (χ3n) is 5.25. The topological polar surface area (TPSA) is 33.2 Å². The third kappa shape index (κ3) is 2.83. The number of aromatic nitrogens is 1. The normalized spacial score (nSPS) is 13.2. The van der Waals surface area contributed by atoms with Gasteiger partial charge in [0.15, 0.2) is 0 Å². The molecule has 0 bridgehead atoms. The van der Waals surface area contributed by atoms with Crippen LogP contribution in [0.1, 0.15) is 21.6 Å². The molecule has 2 heterocycles. The lowest BCUT2D eigenvalue weighted by atomic mass is 10.00. The van der Waals surface area contributed by atoms with Gasteiger partial charge in [-0.05, 0) is 46.2 Å². The van der Waals surface area contributed by atoms with Gasteiger partial charge >= 0.3 is 0 Å². The van der Waals surface area contributed by atoms with E-state index in [4.69, 9.17) is 0 Å². The summed E-state index contributed by atoms with van der Waals surface area (Å²) in [5.41, 5.74) is 3.66. The summed E-state index contributed by atoms with van der Waals surface area (Å²) in [7, 11) is 0. The fourth-order valence-corrected chi connectivity index (χ4v) is 3.74. The molecule has 5 rings (SSSR count). The van der Waals surface area contributed by atoms with E-state index in [0.29, 0.717) is 17.7 Å². The van der Waals surface area contributed by atoms with E-state index in [1.807, 2.05) is 36.4 Å². The molecule has 1 aromatic heterocycles. The number of pyridine rings is 1. The number of hydrogen-bond donors (Lipinski definition) is 0. The summed E-state index contributed by atoms with van der Waals surface area (Å²) >= 11 is 0. The lowest BCUT2D eigenvalue weighted by Crippen LogP contribution is -2.23. The van der Waals surface area contributed by atoms with Crippen LogP contribution < -0.4 is 0 Å². The van der Waals surface area contributed by atoms with Gasteiger partial charge in [0.05, 0.1) is 17.8 Å². The molecule has 1 aliphatic rings. The van der Waals surface area contributed by atoms with Gasteiger partial charge < -0.3 is 4.90 Å². The monoisotopic (exact) mass is 368 g/mol. The largest absolute Gasteiger partial charge is 0.328 e. The first-order valence-electron chi connectivity index (χ1n) is 9.20. The van der Waals surface area contributed by atoms with Gasteiger partial charge in [0.25, 0.3) is 5.91 Å². The smallest absolute Gasteiger partial charge is 0.256 e. The SMILES string of the molecule is O=C1c2cccnc2CN1Cc1ccc(-c2ccc3ccccc3c2)cc1F. The van der Waals surface area contributed by atoms with Gasteiger partial charge in [-0.25, -0.2) is 4.39 Å². The predicted molar refractivity (Wildman–Crippen MR) is 107 cm³/mol. The molecule has 136 valence electrons. The second-order valence-electron chi connectivity index (χ2n) is 7.03. The molecule has 0 spiro atoms. The molecule has 3 aromatic carbocycles. The fourth-order valence-electron chi connectivity index (χ4n) is 3.74. The van der Waals surface area contributed by atoms with E-state index in [1.54, 1.807) is 35.4 Å². The van der Waals surface area contributed by atoms with Gasteiger partial charge in [0, 0.05) is 18.3 Å². The molecule has 0 fully saturated rings. The average Bonchev–Trinajstić information content (AvgIpc) is 3.05. The summed E-state index contributed by atoms with van der Waals surface area (Å²) in [6.07, 6.45) is 1.68. The Bertz CT molecular complexity index is 1220. The summed E-state index contributed by atoms with van der Waals surface area (Å²) in [6.45, 7) is 0.653. The fraction of sp³-hybridized carbons (Fsp3) is 0.0833. The van der Waals surface area contributed by atoms with Crippen molar-refractivity contribution in [3.05, 3.63) is 102 Å². The van der Waals surface area contributed by atoms with Crippen LogP contribution in [-0.2, 0) is 13.1 Å². The summed E-state index contributed by atoms with van der Waals surface area (Å²) < 4.78 is 14.8. The van der Waals surface area contributed by atoms with Crippen molar-refractivity contribution in [1.82, 2.24) is 9.88 Å². The molecule has 0 aliphatic carbocycles. The molecule has 0 atom stereocenters. The second-order valence-corrected chi connectivity index (χ2v) is 7.03. The van der Waals surface area contributed by atoms with E-state index >= 15 is 0 Å². The molecule has 1 aliphatic heterocycles. The van der Waals surface area contributed by atoms with E-state index in [9.17, 15) is 9.18 Å². The van der Waals surface area contributed by atoms with Crippen molar-refractivity contribution in [2.75, 3.05) is 0 Å². The van der Waals surface area contributed by atoms with Crippen molar-refractivity contribution in [3.63, 3.8) is 0 Å². The Balaban J connectivity index is 1.41. The Morgan fingerprint density at radius 2 is 1.68 bits per heavy atom. The Morgan fingerprint density at radius 3 is 2.50 bits per heavy atom.